The predicted molar refractivity (Wildman–Crippen MR) is 118 cm³/mol. The number of carbonyl (C=O) groups is 1. The minimum absolute atomic E-state index is 0.0445. The average molecular weight is 392 g/mol. The molecule has 4 nitrogen and oxygen atoms in total. The summed E-state index contributed by atoms with van der Waals surface area (Å²) in [4.78, 5) is 19.3. The minimum Gasteiger partial charge on any atom is -0.457 e. The first kappa shape index (κ1) is 18.1. The SMILES string of the molecule is O=C(c1ccccc1Oc1ccccc1)N1CCc2cc(-c3ccncc3)ccc21. The van der Waals surface area contributed by atoms with Gasteiger partial charge < -0.3 is 9.64 Å². The van der Waals surface area contributed by atoms with E-state index in [0.717, 1.165) is 23.2 Å². The van der Waals surface area contributed by atoms with Gasteiger partial charge in [0.25, 0.3) is 5.91 Å². The van der Waals surface area contributed by atoms with Crippen LogP contribution in [0.25, 0.3) is 11.1 Å². The second kappa shape index (κ2) is 7.84. The molecule has 0 radical (unpaired) electrons. The molecule has 30 heavy (non-hydrogen) atoms. The minimum atomic E-state index is -0.0445. The molecule has 4 heteroatoms. The number of carbonyl (C=O) groups excluding carboxylic acids is 1. The molecule has 0 spiro atoms. The summed E-state index contributed by atoms with van der Waals surface area (Å²) >= 11 is 0. The van der Waals surface area contributed by atoms with E-state index in [1.807, 2.05) is 77.7 Å². The fourth-order valence-corrected chi connectivity index (χ4v) is 3.83. The van der Waals surface area contributed by atoms with Crippen LogP contribution in [0.4, 0.5) is 5.69 Å². The third kappa shape index (κ3) is 3.44. The topological polar surface area (TPSA) is 42.4 Å². The molecular weight excluding hydrogens is 372 g/mol. The maximum atomic E-state index is 13.4. The molecule has 0 bridgehead atoms. The number of nitrogens with zero attached hydrogens (tertiary/aromatic N) is 2. The smallest absolute Gasteiger partial charge is 0.262 e. The van der Waals surface area contributed by atoms with Crippen molar-refractivity contribution < 1.29 is 9.53 Å². The molecule has 1 amide bonds. The number of hydrogen-bond acceptors (Lipinski definition) is 3. The summed E-state index contributed by atoms with van der Waals surface area (Å²) in [6.07, 6.45) is 4.42. The van der Waals surface area contributed by atoms with Crippen molar-refractivity contribution in [2.45, 2.75) is 6.42 Å². The summed E-state index contributed by atoms with van der Waals surface area (Å²) in [6, 6.07) is 27.2. The fourth-order valence-electron chi connectivity index (χ4n) is 3.83. The zero-order valence-corrected chi connectivity index (χ0v) is 16.4. The molecule has 1 aliphatic heterocycles. The maximum Gasteiger partial charge on any atom is 0.262 e. The number of ether oxygens (including phenoxy) is 1. The van der Waals surface area contributed by atoms with Gasteiger partial charge in [-0.2, -0.15) is 0 Å². The first-order valence-corrected chi connectivity index (χ1v) is 9.97. The quantitative estimate of drug-likeness (QED) is 0.444. The van der Waals surface area contributed by atoms with Crippen LogP contribution in [0.15, 0.2) is 97.3 Å². The van der Waals surface area contributed by atoms with E-state index < -0.39 is 0 Å². The van der Waals surface area contributed by atoms with E-state index in [2.05, 4.69) is 17.1 Å². The van der Waals surface area contributed by atoms with Crippen LogP contribution in [-0.4, -0.2) is 17.4 Å². The molecule has 0 saturated heterocycles. The normalized spacial score (nSPS) is 12.5. The molecule has 2 heterocycles. The van der Waals surface area contributed by atoms with Crippen molar-refractivity contribution in [1.82, 2.24) is 4.98 Å². The molecule has 5 rings (SSSR count). The molecule has 0 N–H and O–H groups in total. The van der Waals surface area contributed by atoms with Gasteiger partial charge >= 0.3 is 0 Å². The van der Waals surface area contributed by atoms with Crippen LogP contribution in [-0.2, 0) is 6.42 Å². The Morgan fingerprint density at radius 3 is 2.43 bits per heavy atom. The Kier molecular flexibility index (Phi) is 4.74. The van der Waals surface area contributed by atoms with E-state index in [0.29, 0.717) is 23.6 Å². The number of rotatable bonds is 4. The highest BCUT2D eigenvalue weighted by Gasteiger charge is 2.27. The predicted octanol–water partition coefficient (Wildman–Crippen LogP) is 5.74. The maximum absolute atomic E-state index is 13.4. The zero-order valence-electron chi connectivity index (χ0n) is 16.4. The third-order valence-corrected chi connectivity index (χ3v) is 5.32. The molecule has 1 aliphatic rings. The van der Waals surface area contributed by atoms with E-state index in [4.69, 9.17) is 4.74 Å². The lowest BCUT2D eigenvalue weighted by Crippen LogP contribution is -2.29. The molecule has 146 valence electrons. The average Bonchev–Trinajstić information content (AvgIpc) is 3.23. The summed E-state index contributed by atoms with van der Waals surface area (Å²) in [5.74, 6) is 1.23. The number of benzene rings is 3. The van der Waals surface area contributed by atoms with Gasteiger partial charge in [0.15, 0.2) is 0 Å². The largest absolute Gasteiger partial charge is 0.457 e. The number of fused-ring (bicyclic) bond motifs is 1. The summed E-state index contributed by atoms with van der Waals surface area (Å²) in [7, 11) is 0. The van der Waals surface area contributed by atoms with Gasteiger partial charge in [-0.1, -0.05) is 36.4 Å². The Hall–Kier alpha value is -3.92. The van der Waals surface area contributed by atoms with Crippen molar-refractivity contribution in [3.63, 3.8) is 0 Å². The molecule has 0 saturated carbocycles. The van der Waals surface area contributed by atoms with Crippen molar-refractivity contribution in [3.05, 3.63) is 108 Å². The molecule has 0 aliphatic carbocycles. The third-order valence-electron chi connectivity index (χ3n) is 5.32. The van der Waals surface area contributed by atoms with Crippen LogP contribution in [0.2, 0.25) is 0 Å². The van der Waals surface area contributed by atoms with Gasteiger partial charge in [0.2, 0.25) is 0 Å². The lowest BCUT2D eigenvalue weighted by atomic mass is 10.0. The number of pyridine rings is 1. The molecule has 3 aromatic carbocycles. The zero-order chi connectivity index (χ0) is 20.3. The van der Waals surface area contributed by atoms with Gasteiger partial charge in [-0.15, -0.1) is 0 Å². The van der Waals surface area contributed by atoms with Crippen molar-refractivity contribution in [3.8, 4) is 22.6 Å². The van der Waals surface area contributed by atoms with Gasteiger partial charge in [-0.25, -0.2) is 0 Å². The molecular formula is C26H20N2O2. The Balaban J connectivity index is 1.44. The second-order valence-corrected chi connectivity index (χ2v) is 7.20. The van der Waals surface area contributed by atoms with Gasteiger partial charge in [-0.05, 0) is 71.6 Å². The lowest BCUT2D eigenvalue weighted by molar-refractivity contribution is 0.0987. The van der Waals surface area contributed by atoms with Crippen LogP contribution in [0.3, 0.4) is 0 Å². The van der Waals surface area contributed by atoms with Crippen LogP contribution in [0, 0.1) is 0 Å². The molecule has 1 aromatic heterocycles. The highest BCUT2D eigenvalue weighted by atomic mass is 16.5. The highest BCUT2D eigenvalue weighted by molar-refractivity contribution is 6.09. The standard InChI is InChI=1S/C26H20N2O2/c29-26(23-8-4-5-9-25(23)30-22-6-2-1-3-7-22)28-17-14-21-18-20(10-11-24(21)28)19-12-15-27-16-13-19/h1-13,15-16,18H,14,17H2. The van der Waals surface area contributed by atoms with Crippen molar-refractivity contribution in [2.75, 3.05) is 11.4 Å². The Morgan fingerprint density at radius 2 is 1.60 bits per heavy atom. The summed E-state index contributed by atoms with van der Waals surface area (Å²) in [6.45, 7) is 0.660. The number of amides is 1. The van der Waals surface area contributed by atoms with Crippen LogP contribution in [0.5, 0.6) is 11.5 Å². The van der Waals surface area contributed by atoms with E-state index in [9.17, 15) is 4.79 Å². The van der Waals surface area contributed by atoms with E-state index in [1.165, 1.54) is 5.56 Å². The van der Waals surface area contributed by atoms with Crippen molar-refractivity contribution in [2.24, 2.45) is 0 Å². The van der Waals surface area contributed by atoms with E-state index >= 15 is 0 Å². The second-order valence-electron chi connectivity index (χ2n) is 7.20. The van der Waals surface area contributed by atoms with E-state index in [-0.39, 0.29) is 5.91 Å². The molecule has 4 aromatic rings. The number of anilines is 1. The van der Waals surface area contributed by atoms with Gasteiger partial charge in [0, 0.05) is 24.6 Å². The Labute approximate surface area is 175 Å². The van der Waals surface area contributed by atoms with Crippen LogP contribution >= 0.6 is 0 Å². The summed E-state index contributed by atoms with van der Waals surface area (Å²) in [5.41, 5.74) is 4.97. The summed E-state index contributed by atoms with van der Waals surface area (Å²) < 4.78 is 6.00. The monoisotopic (exact) mass is 392 g/mol. The highest BCUT2D eigenvalue weighted by Crippen LogP contribution is 2.35. The number of para-hydroxylation sites is 2. The van der Waals surface area contributed by atoms with Gasteiger partial charge in [0.1, 0.15) is 11.5 Å². The van der Waals surface area contributed by atoms with E-state index in [1.54, 1.807) is 12.4 Å². The van der Waals surface area contributed by atoms with Crippen LogP contribution in [0.1, 0.15) is 15.9 Å². The first-order valence-electron chi connectivity index (χ1n) is 9.97. The van der Waals surface area contributed by atoms with Gasteiger partial charge in [0.05, 0.1) is 5.56 Å². The van der Waals surface area contributed by atoms with Gasteiger partial charge in [-0.3, -0.25) is 9.78 Å². The van der Waals surface area contributed by atoms with Crippen molar-refractivity contribution in [1.29, 1.82) is 0 Å². The molecule has 0 fully saturated rings. The summed E-state index contributed by atoms with van der Waals surface area (Å²) in [5, 5.41) is 0. The fraction of sp³-hybridized carbons (Fsp3) is 0.0769. The number of hydrogen-bond donors (Lipinski definition) is 0. The molecule has 0 atom stereocenters. The number of aromatic nitrogens is 1. The Morgan fingerprint density at radius 1 is 0.833 bits per heavy atom. The first-order chi connectivity index (χ1) is 14.8. The van der Waals surface area contributed by atoms with Crippen molar-refractivity contribution >= 4 is 11.6 Å². The Bertz CT molecular complexity index is 1190. The van der Waals surface area contributed by atoms with Crippen LogP contribution < -0.4 is 9.64 Å². The lowest BCUT2D eigenvalue weighted by Gasteiger charge is -2.19. The molecule has 0 unspecified atom stereocenters.